The third-order valence-electron chi connectivity index (χ3n) is 4.50. The minimum atomic E-state index is -0.0546. The second-order valence-corrected chi connectivity index (χ2v) is 7.94. The minimum absolute atomic E-state index is 0.0412. The number of aromatic nitrogens is 2. The molecule has 6 nitrogen and oxygen atoms in total. The van der Waals surface area contributed by atoms with Gasteiger partial charge in [0.25, 0.3) is 0 Å². The van der Waals surface area contributed by atoms with Crippen LogP contribution in [0.15, 0.2) is 41.6 Å². The van der Waals surface area contributed by atoms with E-state index >= 15 is 0 Å². The van der Waals surface area contributed by atoms with E-state index in [1.807, 2.05) is 37.3 Å². The van der Waals surface area contributed by atoms with Gasteiger partial charge < -0.3 is 15.1 Å². The number of nitrogens with zero attached hydrogens (tertiary/aromatic N) is 4. The Labute approximate surface area is 169 Å². The molecule has 1 unspecified atom stereocenters. The lowest BCUT2D eigenvalue weighted by Gasteiger charge is -2.33. The van der Waals surface area contributed by atoms with Crippen LogP contribution in [-0.2, 0) is 4.79 Å². The van der Waals surface area contributed by atoms with Gasteiger partial charge in [-0.05, 0) is 19.5 Å². The number of rotatable bonds is 6. The van der Waals surface area contributed by atoms with E-state index in [0.29, 0.717) is 10.3 Å². The highest BCUT2D eigenvalue weighted by molar-refractivity contribution is 7.99. The molecule has 144 valence electrons. The molecule has 1 fully saturated rings. The number of anilines is 1. The number of hydrogen-bond acceptors (Lipinski definition) is 6. The number of amides is 1. The van der Waals surface area contributed by atoms with Crippen molar-refractivity contribution in [1.82, 2.24) is 20.2 Å². The van der Waals surface area contributed by atoms with E-state index in [0.717, 1.165) is 37.6 Å². The highest BCUT2D eigenvalue weighted by atomic mass is 35.5. The van der Waals surface area contributed by atoms with Gasteiger partial charge in [0.05, 0.1) is 11.8 Å². The first-order valence-electron chi connectivity index (χ1n) is 8.96. The van der Waals surface area contributed by atoms with Crippen LogP contribution in [0, 0.1) is 0 Å². The molecule has 1 aromatic heterocycles. The summed E-state index contributed by atoms with van der Waals surface area (Å²) >= 11 is 7.48. The molecule has 0 radical (unpaired) electrons. The van der Waals surface area contributed by atoms with E-state index in [-0.39, 0.29) is 17.7 Å². The van der Waals surface area contributed by atoms with Crippen molar-refractivity contribution < 1.29 is 4.79 Å². The molecular weight excluding hydrogens is 382 g/mol. The lowest BCUT2D eigenvalue weighted by atomic mass is 10.1. The SMILES string of the molecule is CC(NC(=O)CSc1nc(Cl)cc(N2CCN(C)CC2)n1)c1ccccc1. The first-order chi connectivity index (χ1) is 13.0. The number of hydrogen-bond donors (Lipinski definition) is 1. The number of carbonyl (C=O) groups is 1. The topological polar surface area (TPSA) is 61.4 Å². The molecule has 1 aliphatic heterocycles. The van der Waals surface area contributed by atoms with E-state index in [1.54, 1.807) is 6.07 Å². The summed E-state index contributed by atoms with van der Waals surface area (Å²) in [7, 11) is 2.11. The predicted molar refractivity (Wildman–Crippen MR) is 110 cm³/mol. The van der Waals surface area contributed by atoms with E-state index in [2.05, 4.69) is 32.1 Å². The molecule has 3 rings (SSSR count). The van der Waals surface area contributed by atoms with E-state index in [1.165, 1.54) is 11.8 Å². The van der Waals surface area contributed by atoms with Gasteiger partial charge in [-0.2, -0.15) is 0 Å². The third kappa shape index (κ3) is 5.82. The van der Waals surface area contributed by atoms with Crippen molar-refractivity contribution in [3.63, 3.8) is 0 Å². The summed E-state index contributed by atoms with van der Waals surface area (Å²) in [5, 5.41) is 3.93. The Hall–Kier alpha value is -1.83. The van der Waals surface area contributed by atoms with E-state index in [4.69, 9.17) is 11.6 Å². The highest BCUT2D eigenvalue weighted by Gasteiger charge is 2.17. The summed E-state index contributed by atoms with van der Waals surface area (Å²) in [5.41, 5.74) is 1.08. The van der Waals surface area contributed by atoms with Crippen molar-refractivity contribution in [1.29, 1.82) is 0 Å². The van der Waals surface area contributed by atoms with Crippen LogP contribution in [0.1, 0.15) is 18.5 Å². The average molecular weight is 406 g/mol. The van der Waals surface area contributed by atoms with Gasteiger partial charge in [0.2, 0.25) is 5.91 Å². The zero-order valence-corrected chi connectivity index (χ0v) is 17.1. The first kappa shape index (κ1) is 19.9. The maximum absolute atomic E-state index is 12.3. The monoisotopic (exact) mass is 405 g/mol. The van der Waals surface area contributed by atoms with Gasteiger partial charge in [-0.1, -0.05) is 53.7 Å². The number of likely N-dealkylation sites (N-methyl/N-ethyl adjacent to an activating group) is 1. The third-order valence-corrected chi connectivity index (χ3v) is 5.54. The molecule has 1 aromatic carbocycles. The molecule has 27 heavy (non-hydrogen) atoms. The van der Waals surface area contributed by atoms with Crippen LogP contribution in [0.4, 0.5) is 5.82 Å². The van der Waals surface area contributed by atoms with Crippen LogP contribution in [0.2, 0.25) is 5.15 Å². The van der Waals surface area contributed by atoms with Gasteiger partial charge in [0.1, 0.15) is 11.0 Å². The summed E-state index contributed by atoms with van der Waals surface area (Å²) in [5.74, 6) is 1.02. The normalized spacial score (nSPS) is 16.2. The van der Waals surface area contributed by atoms with Crippen molar-refractivity contribution in [3.05, 3.63) is 47.1 Å². The fourth-order valence-electron chi connectivity index (χ4n) is 2.89. The summed E-state index contributed by atoms with van der Waals surface area (Å²) in [6.07, 6.45) is 0. The molecule has 1 aliphatic rings. The molecule has 2 heterocycles. The minimum Gasteiger partial charge on any atom is -0.354 e. The molecular formula is C19H24ClN5OS. The number of benzene rings is 1. The first-order valence-corrected chi connectivity index (χ1v) is 10.3. The average Bonchev–Trinajstić information content (AvgIpc) is 2.67. The number of piperazine rings is 1. The zero-order chi connectivity index (χ0) is 19.2. The van der Waals surface area contributed by atoms with E-state index in [9.17, 15) is 4.79 Å². The van der Waals surface area contributed by atoms with Crippen LogP contribution in [-0.4, -0.2) is 59.8 Å². The van der Waals surface area contributed by atoms with Gasteiger partial charge in [0, 0.05) is 32.2 Å². The van der Waals surface area contributed by atoms with Crippen molar-refractivity contribution in [2.75, 3.05) is 43.9 Å². The Morgan fingerprint density at radius 2 is 1.93 bits per heavy atom. The summed E-state index contributed by atoms with van der Waals surface area (Å²) in [6.45, 7) is 5.76. The summed E-state index contributed by atoms with van der Waals surface area (Å²) in [6, 6.07) is 11.6. The quantitative estimate of drug-likeness (QED) is 0.453. The molecule has 2 aromatic rings. The molecule has 0 aliphatic carbocycles. The van der Waals surface area contributed by atoms with Gasteiger partial charge in [-0.3, -0.25) is 4.79 Å². The van der Waals surface area contributed by atoms with Gasteiger partial charge in [-0.15, -0.1) is 0 Å². The lowest BCUT2D eigenvalue weighted by Crippen LogP contribution is -2.44. The number of halogens is 1. The molecule has 1 amide bonds. The fourth-order valence-corrected chi connectivity index (χ4v) is 3.78. The zero-order valence-electron chi connectivity index (χ0n) is 15.6. The van der Waals surface area contributed by atoms with Crippen LogP contribution in [0.25, 0.3) is 0 Å². The van der Waals surface area contributed by atoms with Crippen LogP contribution >= 0.6 is 23.4 Å². The molecule has 8 heteroatoms. The Balaban J connectivity index is 1.56. The molecule has 1 N–H and O–H groups in total. The van der Waals surface area contributed by atoms with Gasteiger partial charge >= 0.3 is 0 Å². The second kappa shape index (κ2) is 9.39. The number of nitrogens with one attached hydrogen (secondary N) is 1. The molecule has 1 atom stereocenters. The standard InChI is InChI=1S/C19H24ClN5OS/c1-14(15-6-4-3-5-7-15)21-18(26)13-27-19-22-16(20)12-17(23-19)25-10-8-24(2)9-11-25/h3-7,12,14H,8-11,13H2,1-2H3,(H,21,26). The predicted octanol–water partition coefficient (Wildman–Crippen LogP) is 2.85. The Morgan fingerprint density at radius 3 is 2.63 bits per heavy atom. The Morgan fingerprint density at radius 1 is 1.22 bits per heavy atom. The maximum Gasteiger partial charge on any atom is 0.230 e. The Bertz CT molecular complexity index is 768. The molecule has 0 saturated carbocycles. The summed E-state index contributed by atoms with van der Waals surface area (Å²) < 4.78 is 0. The van der Waals surface area contributed by atoms with Crippen LogP contribution in [0.3, 0.4) is 0 Å². The Kier molecular flexibility index (Phi) is 6.93. The number of carbonyl (C=O) groups excluding carboxylic acids is 1. The maximum atomic E-state index is 12.3. The molecule has 1 saturated heterocycles. The smallest absolute Gasteiger partial charge is 0.230 e. The molecule has 0 spiro atoms. The second-order valence-electron chi connectivity index (χ2n) is 6.61. The van der Waals surface area contributed by atoms with Crippen molar-refractivity contribution in [2.24, 2.45) is 0 Å². The highest BCUT2D eigenvalue weighted by Crippen LogP contribution is 2.23. The fraction of sp³-hybridized carbons (Fsp3) is 0.421. The van der Waals surface area contributed by atoms with E-state index < -0.39 is 0 Å². The van der Waals surface area contributed by atoms with Crippen LogP contribution in [0.5, 0.6) is 0 Å². The summed E-state index contributed by atoms with van der Waals surface area (Å²) in [4.78, 5) is 25.6. The number of thioether (sulfide) groups is 1. The molecule has 0 bridgehead atoms. The van der Waals surface area contributed by atoms with Crippen molar-refractivity contribution in [3.8, 4) is 0 Å². The lowest BCUT2D eigenvalue weighted by molar-refractivity contribution is -0.119. The van der Waals surface area contributed by atoms with Crippen LogP contribution < -0.4 is 10.2 Å². The van der Waals surface area contributed by atoms with Crippen molar-refractivity contribution >= 4 is 35.1 Å². The van der Waals surface area contributed by atoms with Gasteiger partial charge in [0.15, 0.2) is 5.16 Å². The largest absolute Gasteiger partial charge is 0.354 e. The van der Waals surface area contributed by atoms with Gasteiger partial charge in [-0.25, -0.2) is 9.97 Å². The van der Waals surface area contributed by atoms with Crippen molar-refractivity contribution in [2.45, 2.75) is 18.1 Å².